The fourth-order valence-electron chi connectivity index (χ4n) is 5.10. The molecule has 1 saturated carbocycles. The molecule has 3 N–H and O–H groups in total. The number of amides is 2. The summed E-state index contributed by atoms with van der Waals surface area (Å²) in [5.74, 6) is 0.533. The molecule has 0 unspecified atom stereocenters. The van der Waals surface area contributed by atoms with E-state index in [1.54, 1.807) is 0 Å². The third-order valence-corrected chi connectivity index (χ3v) is 7.59. The van der Waals surface area contributed by atoms with Gasteiger partial charge in [-0.3, -0.25) is 9.69 Å². The Hall–Kier alpha value is -4.46. The molecule has 1 heterocycles. The number of aryl methyl sites for hydroxylation is 1. The summed E-state index contributed by atoms with van der Waals surface area (Å²) in [5.41, 5.74) is 6.23. The summed E-state index contributed by atoms with van der Waals surface area (Å²) in [7, 11) is 0. The number of carbonyl (C=O) groups is 2. The van der Waals surface area contributed by atoms with E-state index in [1.807, 2.05) is 69.4 Å². The van der Waals surface area contributed by atoms with Crippen molar-refractivity contribution < 1.29 is 14.7 Å². The number of anilines is 1. The molecule has 1 fully saturated rings. The third kappa shape index (κ3) is 7.05. The van der Waals surface area contributed by atoms with Gasteiger partial charge in [-0.05, 0) is 106 Å². The number of hydrogen-bond acceptors (Lipinski definition) is 5. The zero-order valence-corrected chi connectivity index (χ0v) is 24.9. The Morgan fingerprint density at radius 1 is 1.05 bits per heavy atom. The van der Waals surface area contributed by atoms with Gasteiger partial charge < -0.3 is 15.7 Å². The van der Waals surface area contributed by atoms with Crippen molar-refractivity contribution >= 4 is 28.9 Å². The Morgan fingerprint density at radius 2 is 1.81 bits per heavy atom. The van der Waals surface area contributed by atoms with Gasteiger partial charge in [0.1, 0.15) is 0 Å². The highest BCUT2D eigenvalue weighted by atomic mass is 16.4. The summed E-state index contributed by atoms with van der Waals surface area (Å²) in [5, 5.41) is 17.1. The van der Waals surface area contributed by atoms with Gasteiger partial charge in [0.25, 0.3) is 5.91 Å². The van der Waals surface area contributed by atoms with Gasteiger partial charge in [-0.2, -0.15) is 0 Å². The molecule has 3 aromatic carbocycles. The fourth-order valence-corrected chi connectivity index (χ4v) is 5.10. The minimum Gasteiger partial charge on any atom is -0.465 e. The summed E-state index contributed by atoms with van der Waals surface area (Å²) >= 11 is 0. The maximum Gasteiger partial charge on any atom is 0.408 e. The SMILES string of the molecule is Cc1ccc(C(=O)NC2CC2)cc1-c1ccc2nc(N[C@@H](C)Cc3cccc(CN(C(=O)O)C(C)(C)C)c3)ncc2c1. The van der Waals surface area contributed by atoms with Crippen LogP contribution in [0.4, 0.5) is 10.7 Å². The lowest BCUT2D eigenvalue weighted by molar-refractivity contribution is 0.0943. The number of nitrogens with one attached hydrogen (secondary N) is 2. The van der Waals surface area contributed by atoms with E-state index in [0.29, 0.717) is 24.1 Å². The second kappa shape index (κ2) is 11.8. The molecular formula is C34H39N5O3. The summed E-state index contributed by atoms with van der Waals surface area (Å²) in [6, 6.07) is 20.4. The highest BCUT2D eigenvalue weighted by Crippen LogP contribution is 2.28. The molecule has 1 atom stereocenters. The number of carboxylic acid groups (broad SMARTS) is 1. The lowest BCUT2D eigenvalue weighted by Gasteiger charge is -2.33. The van der Waals surface area contributed by atoms with Crippen LogP contribution >= 0.6 is 0 Å². The fraction of sp³-hybridized carbons (Fsp3) is 0.353. The monoisotopic (exact) mass is 565 g/mol. The van der Waals surface area contributed by atoms with Crippen LogP contribution < -0.4 is 10.6 Å². The van der Waals surface area contributed by atoms with Crippen LogP contribution in [0.2, 0.25) is 0 Å². The van der Waals surface area contributed by atoms with Crippen molar-refractivity contribution in [1.82, 2.24) is 20.2 Å². The number of aromatic nitrogens is 2. The zero-order chi connectivity index (χ0) is 30.0. The van der Waals surface area contributed by atoms with Gasteiger partial charge in [0.05, 0.1) is 5.52 Å². The molecule has 0 spiro atoms. The average Bonchev–Trinajstić information content (AvgIpc) is 3.75. The van der Waals surface area contributed by atoms with E-state index in [1.165, 1.54) is 4.90 Å². The topological polar surface area (TPSA) is 107 Å². The normalized spacial score (nSPS) is 13.9. The number of rotatable bonds is 9. The highest BCUT2D eigenvalue weighted by molar-refractivity contribution is 5.96. The first-order valence-corrected chi connectivity index (χ1v) is 14.5. The Labute approximate surface area is 247 Å². The molecule has 42 heavy (non-hydrogen) atoms. The molecule has 218 valence electrons. The Morgan fingerprint density at radius 3 is 2.52 bits per heavy atom. The largest absolute Gasteiger partial charge is 0.465 e. The van der Waals surface area contributed by atoms with E-state index < -0.39 is 11.6 Å². The molecule has 1 aliphatic rings. The van der Waals surface area contributed by atoms with E-state index in [-0.39, 0.29) is 11.9 Å². The lowest BCUT2D eigenvalue weighted by Crippen LogP contribution is -2.44. The molecule has 8 heteroatoms. The summed E-state index contributed by atoms with van der Waals surface area (Å²) in [6.45, 7) is 10.2. The lowest BCUT2D eigenvalue weighted by atomic mass is 9.97. The van der Waals surface area contributed by atoms with Crippen LogP contribution in [0, 0.1) is 6.92 Å². The molecule has 8 nitrogen and oxygen atoms in total. The molecule has 1 aliphatic carbocycles. The molecule has 0 saturated heterocycles. The van der Waals surface area contributed by atoms with Gasteiger partial charge in [-0.1, -0.05) is 36.4 Å². The minimum absolute atomic E-state index is 0.0217. The Balaban J connectivity index is 1.27. The van der Waals surface area contributed by atoms with Crippen molar-refractivity contribution in [1.29, 1.82) is 0 Å². The summed E-state index contributed by atoms with van der Waals surface area (Å²) in [6.07, 6.45) is 3.75. The molecule has 0 radical (unpaired) electrons. The molecule has 5 rings (SSSR count). The van der Waals surface area contributed by atoms with Gasteiger partial charge in [-0.15, -0.1) is 0 Å². The third-order valence-electron chi connectivity index (χ3n) is 7.59. The maximum absolute atomic E-state index is 12.6. The molecule has 1 aromatic heterocycles. The van der Waals surface area contributed by atoms with Gasteiger partial charge in [0.2, 0.25) is 5.95 Å². The standard InChI is InChI=1S/C34H39N5O3/c1-21-9-10-26(31(40)37-28-12-13-28)18-29(21)25-11-14-30-27(17-25)19-35-32(38-30)36-22(2)15-23-7-6-8-24(16-23)20-39(33(41)42)34(3,4)5/h6-11,14,16-19,22,28H,12-13,15,20H2,1-5H3,(H,37,40)(H,41,42)(H,35,36,38)/t22-/m0/s1. The first-order valence-electron chi connectivity index (χ1n) is 14.5. The second-order valence-corrected chi connectivity index (χ2v) is 12.4. The molecule has 0 bridgehead atoms. The highest BCUT2D eigenvalue weighted by Gasteiger charge is 2.26. The van der Waals surface area contributed by atoms with Crippen LogP contribution in [0.15, 0.2) is 66.9 Å². The average molecular weight is 566 g/mol. The van der Waals surface area contributed by atoms with Gasteiger partial charge >= 0.3 is 6.09 Å². The van der Waals surface area contributed by atoms with Crippen molar-refractivity contribution in [2.24, 2.45) is 0 Å². The van der Waals surface area contributed by atoms with E-state index in [9.17, 15) is 14.7 Å². The minimum atomic E-state index is -0.927. The van der Waals surface area contributed by atoms with Gasteiger partial charge in [0.15, 0.2) is 0 Å². The smallest absolute Gasteiger partial charge is 0.408 e. The van der Waals surface area contributed by atoms with E-state index >= 15 is 0 Å². The molecule has 0 aliphatic heterocycles. The first kappa shape index (κ1) is 29.0. The Bertz CT molecular complexity index is 1620. The van der Waals surface area contributed by atoms with E-state index in [4.69, 9.17) is 4.98 Å². The van der Waals surface area contributed by atoms with Crippen LogP contribution in [-0.2, 0) is 13.0 Å². The quantitative estimate of drug-likeness (QED) is 0.206. The predicted octanol–water partition coefficient (Wildman–Crippen LogP) is 6.82. The number of hydrogen-bond donors (Lipinski definition) is 3. The number of nitrogens with zero attached hydrogens (tertiary/aromatic N) is 3. The van der Waals surface area contributed by atoms with Crippen LogP contribution in [0.1, 0.15) is 67.6 Å². The molecule has 2 amide bonds. The van der Waals surface area contributed by atoms with Gasteiger partial charge in [0, 0.05) is 41.3 Å². The Kier molecular flexibility index (Phi) is 8.16. The number of benzene rings is 3. The van der Waals surface area contributed by atoms with E-state index in [2.05, 4.69) is 47.7 Å². The summed E-state index contributed by atoms with van der Waals surface area (Å²) < 4.78 is 0. The second-order valence-electron chi connectivity index (χ2n) is 12.4. The van der Waals surface area contributed by atoms with Crippen molar-refractivity contribution in [3.8, 4) is 11.1 Å². The predicted molar refractivity (Wildman–Crippen MR) is 167 cm³/mol. The first-order chi connectivity index (χ1) is 20.0. The zero-order valence-electron chi connectivity index (χ0n) is 24.9. The van der Waals surface area contributed by atoms with Crippen molar-refractivity contribution in [2.45, 2.75) is 78.0 Å². The van der Waals surface area contributed by atoms with E-state index in [0.717, 1.165) is 58.0 Å². The van der Waals surface area contributed by atoms with Crippen LogP contribution in [0.3, 0.4) is 0 Å². The van der Waals surface area contributed by atoms with Crippen molar-refractivity contribution in [2.75, 3.05) is 5.32 Å². The number of carbonyl (C=O) groups excluding carboxylic acids is 1. The van der Waals surface area contributed by atoms with Crippen molar-refractivity contribution in [3.05, 3.63) is 89.1 Å². The van der Waals surface area contributed by atoms with Crippen LogP contribution in [0.5, 0.6) is 0 Å². The van der Waals surface area contributed by atoms with Crippen LogP contribution in [0.25, 0.3) is 22.0 Å². The number of fused-ring (bicyclic) bond motifs is 1. The van der Waals surface area contributed by atoms with Crippen molar-refractivity contribution in [3.63, 3.8) is 0 Å². The van der Waals surface area contributed by atoms with Crippen LogP contribution in [-0.4, -0.2) is 49.6 Å². The van der Waals surface area contributed by atoms with Gasteiger partial charge in [-0.25, -0.2) is 14.8 Å². The summed E-state index contributed by atoms with van der Waals surface area (Å²) in [4.78, 5) is 35.1. The molecule has 4 aromatic rings. The molecular weight excluding hydrogens is 526 g/mol. The maximum atomic E-state index is 12.6.